The summed E-state index contributed by atoms with van der Waals surface area (Å²) in [5.41, 5.74) is 6.60. The highest BCUT2D eigenvalue weighted by atomic mass is 16.5. The van der Waals surface area contributed by atoms with Crippen LogP contribution in [0.4, 0.5) is 0 Å². The number of nitrogens with zero attached hydrogens (tertiary/aromatic N) is 1. The molecule has 17 heavy (non-hydrogen) atoms. The molecule has 0 spiro atoms. The zero-order valence-corrected chi connectivity index (χ0v) is 10.7. The highest BCUT2D eigenvalue weighted by Crippen LogP contribution is 2.15. The Hall–Kier alpha value is -1.55. The van der Waals surface area contributed by atoms with Crippen LogP contribution in [-0.2, 0) is 6.54 Å². The predicted molar refractivity (Wildman–Crippen MR) is 70.5 cm³/mol. The third kappa shape index (κ3) is 4.44. The average molecular weight is 235 g/mol. The van der Waals surface area contributed by atoms with Crippen LogP contribution < -0.4 is 10.5 Å². The van der Waals surface area contributed by atoms with Crippen LogP contribution in [0.2, 0.25) is 0 Å². The monoisotopic (exact) mass is 235 g/mol. The average Bonchev–Trinajstić information content (AvgIpc) is 2.28. The summed E-state index contributed by atoms with van der Waals surface area (Å²) in [5.74, 6) is 1.10. The lowest BCUT2D eigenvalue weighted by atomic mass is 10.1. The number of methoxy groups -OCH3 is 1. The van der Waals surface area contributed by atoms with Crippen molar-refractivity contribution < 1.29 is 4.74 Å². The normalized spacial score (nSPS) is 12.5. The first-order chi connectivity index (χ1) is 8.02. The van der Waals surface area contributed by atoms with Gasteiger partial charge in [-0.3, -0.25) is 10.3 Å². The van der Waals surface area contributed by atoms with Crippen LogP contribution in [-0.4, -0.2) is 30.9 Å². The molecule has 94 valence electrons. The van der Waals surface area contributed by atoms with E-state index in [0.29, 0.717) is 6.42 Å². The van der Waals surface area contributed by atoms with Crippen molar-refractivity contribution in [1.29, 1.82) is 5.41 Å². The van der Waals surface area contributed by atoms with Crippen molar-refractivity contribution in [3.05, 3.63) is 29.8 Å². The largest absolute Gasteiger partial charge is 0.497 e. The van der Waals surface area contributed by atoms with Crippen molar-refractivity contribution in [2.75, 3.05) is 14.2 Å². The molecule has 1 atom stereocenters. The van der Waals surface area contributed by atoms with Crippen LogP contribution in [0.3, 0.4) is 0 Å². The van der Waals surface area contributed by atoms with E-state index in [1.54, 1.807) is 7.11 Å². The first kappa shape index (κ1) is 13.5. The Labute approximate surface area is 103 Å². The Kier molecular flexibility index (Phi) is 4.97. The number of nitrogens with two attached hydrogens (primary N) is 1. The van der Waals surface area contributed by atoms with E-state index < -0.39 is 0 Å². The smallest absolute Gasteiger partial charge is 0.119 e. The summed E-state index contributed by atoms with van der Waals surface area (Å²) < 4.78 is 5.19. The van der Waals surface area contributed by atoms with Gasteiger partial charge in [-0.25, -0.2) is 0 Å². The van der Waals surface area contributed by atoms with Crippen molar-refractivity contribution in [3.63, 3.8) is 0 Å². The fourth-order valence-electron chi connectivity index (χ4n) is 1.69. The molecular weight excluding hydrogens is 214 g/mol. The number of benzene rings is 1. The Balaban J connectivity index is 2.60. The Morgan fingerprint density at radius 2 is 2.24 bits per heavy atom. The summed E-state index contributed by atoms with van der Waals surface area (Å²) in [6, 6.07) is 8.27. The van der Waals surface area contributed by atoms with Gasteiger partial charge in [0.2, 0.25) is 0 Å². The summed E-state index contributed by atoms with van der Waals surface area (Å²) in [4.78, 5) is 2.18. The molecule has 0 heterocycles. The van der Waals surface area contributed by atoms with Crippen molar-refractivity contribution in [3.8, 4) is 5.75 Å². The van der Waals surface area contributed by atoms with E-state index in [1.165, 1.54) is 5.56 Å². The lowest BCUT2D eigenvalue weighted by Crippen LogP contribution is -2.32. The lowest BCUT2D eigenvalue weighted by Gasteiger charge is -2.24. The van der Waals surface area contributed by atoms with E-state index in [-0.39, 0.29) is 11.9 Å². The Morgan fingerprint density at radius 3 is 2.82 bits per heavy atom. The van der Waals surface area contributed by atoms with Gasteiger partial charge in [0.25, 0.3) is 0 Å². The predicted octanol–water partition coefficient (Wildman–Crippen LogP) is 1.84. The number of hydrogen-bond acceptors (Lipinski definition) is 3. The Bertz CT molecular complexity index is 379. The van der Waals surface area contributed by atoms with Crippen LogP contribution >= 0.6 is 0 Å². The zero-order chi connectivity index (χ0) is 12.8. The molecule has 1 unspecified atom stereocenters. The quantitative estimate of drug-likeness (QED) is 0.584. The van der Waals surface area contributed by atoms with E-state index in [0.717, 1.165) is 12.3 Å². The highest BCUT2D eigenvalue weighted by Gasteiger charge is 2.10. The topological polar surface area (TPSA) is 62.3 Å². The number of ether oxygens (including phenoxy) is 1. The van der Waals surface area contributed by atoms with Crippen LogP contribution in [0.5, 0.6) is 5.75 Å². The molecule has 0 saturated carbocycles. The molecular formula is C13H21N3O. The molecule has 0 fully saturated rings. The van der Waals surface area contributed by atoms with Gasteiger partial charge in [0.1, 0.15) is 5.75 Å². The van der Waals surface area contributed by atoms with E-state index in [4.69, 9.17) is 15.9 Å². The summed E-state index contributed by atoms with van der Waals surface area (Å²) in [5, 5.41) is 7.29. The number of hydrogen-bond donors (Lipinski definition) is 2. The molecule has 0 bridgehead atoms. The first-order valence-electron chi connectivity index (χ1n) is 5.69. The molecule has 1 aromatic carbocycles. The molecule has 4 heteroatoms. The van der Waals surface area contributed by atoms with Crippen LogP contribution in [0.15, 0.2) is 24.3 Å². The van der Waals surface area contributed by atoms with Gasteiger partial charge in [0.15, 0.2) is 0 Å². The maximum atomic E-state index is 7.29. The molecule has 0 radical (unpaired) electrons. The van der Waals surface area contributed by atoms with E-state index in [1.807, 2.05) is 25.2 Å². The van der Waals surface area contributed by atoms with Crippen molar-refractivity contribution >= 4 is 5.84 Å². The second-order valence-electron chi connectivity index (χ2n) is 4.35. The third-order valence-electron chi connectivity index (χ3n) is 2.83. The fraction of sp³-hybridized carbons (Fsp3) is 0.462. The summed E-state index contributed by atoms with van der Waals surface area (Å²) in [6.07, 6.45) is 0.598. The Morgan fingerprint density at radius 1 is 1.53 bits per heavy atom. The second-order valence-corrected chi connectivity index (χ2v) is 4.35. The van der Waals surface area contributed by atoms with Gasteiger partial charge in [-0.2, -0.15) is 0 Å². The number of rotatable bonds is 6. The van der Waals surface area contributed by atoms with E-state index in [9.17, 15) is 0 Å². The van der Waals surface area contributed by atoms with Gasteiger partial charge in [-0.05, 0) is 31.7 Å². The lowest BCUT2D eigenvalue weighted by molar-refractivity contribution is 0.254. The second kappa shape index (κ2) is 6.25. The summed E-state index contributed by atoms with van der Waals surface area (Å²) in [6.45, 7) is 2.90. The van der Waals surface area contributed by atoms with Crippen LogP contribution in [0.25, 0.3) is 0 Å². The van der Waals surface area contributed by atoms with Crippen LogP contribution in [0.1, 0.15) is 18.9 Å². The van der Waals surface area contributed by atoms with E-state index in [2.05, 4.69) is 17.9 Å². The number of nitrogens with one attached hydrogen (secondary N) is 1. The fourth-order valence-corrected chi connectivity index (χ4v) is 1.69. The number of amidine groups is 1. The molecule has 1 rings (SSSR count). The first-order valence-corrected chi connectivity index (χ1v) is 5.69. The molecule has 0 aliphatic carbocycles. The van der Waals surface area contributed by atoms with Crippen LogP contribution in [0, 0.1) is 5.41 Å². The molecule has 0 aliphatic heterocycles. The maximum absolute atomic E-state index is 7.29. The van der Waals surface area contributed by atoms with Gasteiger partial charge >= 0.3 is 0 Å². The van der Waals surface area contributed by atoms with Gasteiger partial charge < -0.3 is 10.5 Å². The van der Waals surface area contributed by atoms with Gasteiger partial charge in [-0.1, -0.05) is 12.1 Å². The third-order valence-corrected chi connectivity index (χ3v) is 2.83. The van der Waals surface area contributed by atoms with E-state index >= 15 is 0 Å². The van der Waals surface area contributed by atoms with Crippen molar-refractivity contribution in [2.24, 2.45) is 5.73 Å². The van der Waals surface area contributed by atoms with Crippen molar-refractivity contribution in [1.82, 2.24) is 4.90 Å². The zero-order valence-electron chi connectivity index (χ0n) is 10.7. The molecule has 0 aromatic heterocycles. The summed E-state index contributed by atoms with van der Waals surface area (Å²) >= 11 is 0. The maximum Gasteiger partial charge on any atom is 0.119 e. The van der Waals surface area contributed by atoms with Gasteiger partial charge in [-0.15, -0.1) is 0 Å². The van der Waals surface area contributed by atoms with Gasteiger partial charge in [0, 0.05) is 19.0 Å². The summed E-state index contributed by atoms with van der Waals surface area (Å²) in [7, 11) is 3.70. The standard InChI is InChI=1S/C13H21N3O/c1-10(7-13(14)15)16(2)9-11-5-4-6-12(8-11)17-3/h4-6,8,10H,7,9H2,1-3H3,(H3,14,15). The highest BCUT2D eigenvalue weighted by molar-refractivity contribution is 5.77. The molecule has 4 nitrogen and oxygen atoms in total. The molecule has 0 aliphatic rings. The van der Waals surface area contributed by atoms with Gasteiger partial charge in [0.05, 0.1) is 12.9 Å². The SMILES string of the molecule is COc1cccc(CN(C)C(C)CC(=N)N)c1. The molecule has 1 aromatic rings. The minimum atomic E-state index is 0.231. The minimum Gasteiger partial charge on any atom is -0.497 e. The minimum absolute atomic E-state index is 0.231. The molecule has 3 N–H and O–H groups in total. The molecule has 0 amide bonds. The molecule has 0 saturated heterocycles. The van der Waals surface area contributed by atoms with Crippen molar-refractivity contribution in [2.45, 2.75) is 25.9 Å².